The molecule has 0 radical (unpaired) electrons. The molecule has 1 atom stereocenters. The van der Waals surface area contributed by atoms with E-state index in [0.717, 1.165) is 19.3 Å². The smallest absolute Gasteiger partial charge is 0.153 e. The van der Waals surface area contributed by atoms with Crippen LogP contribution in [-0.2, 0) is 4.79 Å². The van der Waals surface area contributed by atoms with Crippen LogP contribution < -0.4 is 0 Å². The number of rotatable bonds is 19. The van der Waals surface area contributed by atoms with Crippen LogP contribution in [-0.4, -0.2) is 28.7 Å². The SMILES string of the molecule is CCCCCCCCCCCCCCCCCCC(O)(C=O)CO. The van der Waals surface area contributed by atoms with Crippen LogP contribution in [0.1, 0.15) is 116 Å². The molecule has 0 aliphatic heterocycles. The fraction of sp³-hybridized carbons (Fsp3) is 0.952. The third-order valence-electron chi connectivity index (χ3n) is 4.96. The second-order valence-corrected chi connectivity index (χ2v) is 7.43. The fourth-order valence-corrected chi connectivity index (χ4v) is 3.15. The van der Waals surface area contributed by atoms with Crippen molar-refractivity contribution < 1.29 is 15.0 Å². The molecule has 2 N–H and O–H groups in total. The Hall–Kier alpha value is -0.410. The lowest BCUT2D eigenvalue weighted by Gasteiger charge is -2.17. The largest absolute Gasteiger partial charge is 0.393 e. The summed E-state index contributed by atoms with van der Waals surface area (Å²) in [6, 6.07) is 0. The first-order chi connectivity index (χ1) is 11.7. The van der Waals surface area contributed by atoms with Crippen LogP contribution in [0, 0.1) is 0 Å². The van der Waals surface area contributed by atoms with Crippen molar-refractivity contribution in [3.05, 3.63) is 0 Å². The van der Waals surface area contributed by atoms with E-state index < -0.39 is 12.2 Å². The Bertz CT molecular complexity index is 268. The number of aliphatic hydroxyl groups excluding tert-OH is 1. The van der Waals surface area contributed by atoms with E-state index in [1.807, 2.05) is 0 Å². The van der Waals surface area contributed by atoms with Crippen molar-refractivity contribution in [1.29, 1.82) is 0 Å². The summed E-state index contributed by atoms with van der Waals surface area (Å²) in [5, 5.41) is 18.6. The van der Waals surface area contributed by atoms with Gasteiger partial charge < -0.3 is 15.0 Å². The van der Waals surface area contributed by atoms with Crippen LogP contribution >= 0.6 is 0 Å². The van der Waals surface area contributed by atoms with E-state index in [9.17, 15) is 9.90 Å². The van der Waals surface area contributed by atoms with E-state index in [-0.39, 0.29) is 0 Å². The monoisotopic (exact) mass is 342 g/mol. The lowest BCUT2D eigenvalue weighted by molar-refractivity contribution is -0.128. The molecule has 144 valence electrons. The maximum atomic E-state index is 10.6. The third kappa shape index (κ3) is 15.1. The maximum absolute atomic E-state index is 10.6. The van der Waals surface area contributed by atoms with Gasteiger partial charge in [-0.25, -0.2) is 0 Å². The van der Waals surface area contributed by atoms with Gasteiger partial charge >= 0.3 is 0 Å². The molecule has 0 aromatic carbocycles. The number of aliphatic hydroxyl groups is 2. The van der Waals surface area contributed by atoms with Crippen LogP contribution in [0.4, 0.5) is 0 Å². The predicted molar refractivity (Wildman–Crippen MR) is 102 cm³/mol. The first kappa shape index (κ1) is 23.6. The molecule has 0 saturated carbocycles. The van der Waals surface area contributed by atoms with E-state index in [1.54, 1.807) is 0 Å². The molecular weight excluding hydrogens is 300 g/mol. The van der Waals surface area contributed by atoms with Crippen molar-refractivity contribution in [2.45, 2.75) is 122 Å². The van der Waals surface area contributed by atoms with Gasteiger partial charge in [0, 0.05) is 0 Å². The quantitative estimate of drug-likeness (QED) is 0.239. The van der Waals surface area contributed by atoms with E-state index in [0.29, 0.717) is 12.7 Å². The summed E-state index contributed by atoms with van der Waals surface area (Å²) in [5.41, 5.74) is -1.50. The van der Waals surface area contributed by atoms with Crippen molar-refractivity contribution >= 4 is 6.29 Å². The van der Waals surface area contributed by atoms with Crippen LogP contribution in [0.15, 0.2) is 0 Å². The lowest BCUT2D eigenvalue weighted by Crippen LogP contribution is -2.34. The fourth-order valence-electron chi connectivity index (χ4n) is 3.15. The number of carbonyl (C=O) groups excluding carboxylic acids is 1. The molecule has 0 aliphatic carbocycles. The highest BCUT2D eigenvalue weighted by molar-refractivity contribution is 5.62. The normalized spacial score (nSPS) is 13.8. The number of hydrogen-bond acceptors (Lipinski definition) is 3. The number of unbranched alkanes of at least 4 members (excludes halogenated alkanes) is 15. The number of aldehydes is 1. The van der Waals surface area contributed by atoms with Gasteiger partial charge in [-0.3, -0.25) is 0 Å². The Morgan fingerprint density at radius 3 is 1.29 bits per heavy atom. The molecule has 1 unspecified atom stereocenters. The van der Waals surface area contributed by atoms with E-state index in [1.165, 1.54) is 83.5 Å². The molecule has 0 aromatic heterocycles. The molecule has 0 heterocycles. The van der Waals surface area contributed by atoms with Crippen molar-refractivity contribution in [3.8, 4) is 0 Å². The van der Waals surface area contributed by atoms with Crippen molar-refractivity contribution in [3.63, 3.8) is 0 Å². The Kier molecular flexibility index (Phi) is 17.1. The highest BCUT2D eigenvalue weighted by atomic mass is 16.3. The van der Waals surface area contributed by atoms with Crippen LogP contribution in [0.2, 0.25) is 0 Å². The molecule has 0 fully saturated rings. The van der Waals surface area contributed by atoms with Crippen molar-refractivity contribution in [1.82, 2.24) is 0 Å². The summed E-state index contributed by atoms with van der Waals surface area (Å²) in [6.07, 6.45) is 21.8. The summed E-state index contributed by atoms with van der Waals surface area (Å²) in [7, 11) is 0. The molecule has 0 rings (SSSR count). The Morgan fingerprint density at radius 1 is 0.667 bits per heavy atom. The molecule has 3 nitrogen and oxygen atoms in total. The molecule has 0 saturated heterocycles. The second kappa shape index (κ2) is 17.4. The minimum Gasteiger partial charge on any atom is -0.393 e. The highest BCUT2D eigenvalue weighted by Crippen LogP contribution is 2.16. The van der Waals surface area contributed by atoms with Gasteiger partial charge in [0.1, 0.15) is 5.60 Å². The predicted octanol–water partition coefficient (Wildman–Crippen LogP) is 5.56. The molecule has 0 bridgehead atoms. The minimum atomic E-state index is -1.50. The molecule has 0 aromatic rings. The minimum absolute atomic E-state index is 0.380. The van der Waals surface area contributed by atoms with E-state index in [4.69, 9.17) is 5.11 Å². The Balaban J connectivity index is 3.14. The van der Waals surface area contributed by atoms with Crippen LogP contribution in [0.25, 0.3) is 0 Å². The third-order valence-corrected chi connectivity index (χ3v) is 4.96. The van der Waals surface area contributed by atoms with Gasteiger partial charge in [0.15, 0.2) is 6.29 Å². The second-order valence-electron chi connectivity index (χ2n) is 7.43. The van der Waals surface area contributed by atoms with Gasteiger partial charge in [0.25, 0.3) is 0 Å². The summed E-state index contributed by atoms with van der Waals surface area (Å²) < 4.78 is 0. The van der Waals surface area contributed by atoms with E-state index >= 15 is 0 Å². The van der Waals surface area contributed by atoms with Gasteiger partial charge in [-0.15, -0.1) is 0 Å². The molecule has 0 spiro atoms. The zero-order valence-corrected chi connectivity index (χ0v) is 16.1. The number of hydrogen-bond donors (Lipinski definition) is 2. The Morgan fingerprint density at radius 2 is 1.00 bits per heavy atom. The molecule has 0 amide bonds. The van der Waals surface area contributed by atoms with Crippen molar-refractivity contribution in [2.75, 3.05) is 6.61 Å². The summed E-state index contributed by atoms with van der Waals surface area (Å²) >= 11 is 0. The summed E-state index contributed by atoms with van der Waals surface area (Å²) in [4.78, 5) is 10.6. The summed E-state index contributed by atoms with van der Waals surface area (Å²) in [5.74, 6) is 0. The molecule has 24 heavy (non-hydrogen) atoms. The first-order valence-electron chi connectivity index (χ1n) is 10.5. The van der Waals surface area contributed by atoms with Crippen LogP contribution in [0.5, 0.6) is 0 Å². The maximum Gasteiger partial charge on any atom is 0.153 e. The van der Waals surface area contributed by atoms with E-state index in [2.05, 4.69) is 6.92 Å². The molecule has 0 aliphatic rings. The summed E-state index contributed by atoms with van der Waals surface area (Å²) in [6.45, 7) is 1.81. The first-order valence-corrected chi connectivity index (χ1v) is 10.5. The number of carbonyl (C=O) groups is 1. The van der Waals surface area contributed by atoms with Gasteiger partial charge in [-0.1, -0.05) is 110 Å². The zero-order chi connectivity index (χ0) is 17.9. The zero-order valence-electron chi connectivity index (χ0n) is 16.1. The Labute approximate surface area is 150 Å². The highest BCUT2D eigenvalue weighted by Gasteiger charge is 2.23. The molecule has 3 heteroatoms. The topological polar surface area (TPSA) is 57.5 Å². The van der Waals surface area contributed by atoms with Crippen molar-refractivity contribution in [2.24, 2.45) is 0 Å². The van der Waals surface area contributed by atoms with Gasteiger partial charge in [0.05, 0.1) is 6.61 Å². The lowest BCUT2D eigenvalue weighted by atomic mass is 9.98. The van der Waals surface area contributed by atoms with Gasteiger partial charge in [-0.2, -0.15) is 0 Å². The van der Waals surface area contributed by atoms with Gasteiger partial charge in [0.2, 0.25) is 0 Å². The average molecular weight is 343 g/mol. The average Bonchev–Trinajstić information content (AvgIpc) is 2.61. The standard InChI is InChI=1S/C21H42O3/c1-2-3-4-5-6-7-8-9-10-11-12-13-14-15-16-17-18-21(24,19-22)20-23/h19,23-24H,2-18,20H2,1H3. The molecular formula is C21H42O3. The van der Waals surface area contributed by atoms with Crippen LogP contribution in [0.3, 0.4) is 0 Å². The van der Waals surface area contributed by atoms with Gasteiger partial charge in [-0.05, 0) is 6.42 Å².